The second-order valence-electron chi connectivity index (χ2n) is 5.42. The van der Waals surface area contributed by atoms with Gasteiger partial charge in [-0.25, -0.2) is 13.1 Å². The average Bonchev–Trinajstić information content (AvgIpc) is 3.15. The SMILES string of the molecule is CCc1ccc(S(=O)(=O)NCc2cncc(-c3ccoc3)c2)cc1. The highest BCUT2D eigenvalue weighted by Gasteiger charge is 2.13. The highest BCUT2D eigenvalue weighted by molar-refractivity contribution is 7.89. The second-order valence-corrected chi connectivity index (χ2v) is 7.18. The molecule has 1 N–H and O–H groups in total. The molecule has 0 atom stereocenters. The van der Waals surface area contributed by atoms with E-state index in [2.05, 4.69) is 9.71 Å². The van der Waals surface area contributed by atoms with Gasteiger partial charge in [0.05, 0.1) is 17.4 Å². The number of nitrogens with zero attached hydrogens (tertiary/aromatic N) is 1. The van der Waals surface area contributed by atoms with E-state index in [1.807, 2.05) is 31.2 Å². The molecule has 5 nitrogen and oxygen atoms in total. The van der Waals surface area contributed by atoms with Gasteiger partial charge in [-0.05, 0) is 41.8 Å². The van der Waals surface area contributed by atoms with E-state index in [0.717, 1.165) is 28.7 Å². The molecule has 6 heteroatoms. The summed E-state index contributed by atoms with van der Waals surface area (Å²) in [5, 5.41) is 0. The fourth-order valence-corrected chi connectivity index (χ4v) is 3.35. The first-order valence-corrected chi connectivity index (χ1v) is 9.12. The monoisotopic (exact) mass is 342 g/mol. The van der Waals surface area contributed by atoms with E-state index in [1.165, 1.54) is 0 Å². The minimum atomic E-state index is -3.55. The van der Waals surface area contributed by atoms with Gasteiger partial charge < -0.3 is 4.42 Å². The van der Waals surface area contributed by atoms with Crippen LogP contribution >= 0.6 is 0 Å². The van der Waals surface area contributed by atoms with Gasteiger partial charge in [0.1, 0.15) is 0 Å². The van der Waals surface area contributed by atoms with Crippen LogP contribution in [0.25, 0.3) is 11.1 Å². The second kappa shape index (κ2) is 6.98. The fraction of sp³-hybridized carbons (Fsp3) is 0.167. The zero-order valence-electron chi connectivity index (χ0n) is 13.3. The third-order valence-electron chi connectivity index (χ3n) is 3.76. The van der Waals surface area contributed by atoms with Crippen molar-refractivity contribution in [1.82, 2.24) is 9.71 Å². The van der Waals surface area contributed by atoms with Crippen LogP contribution in [-0.2, 0) is 23.0 Å². The molecule has 0 unspecified atom stereocenters. The van der Waals surface area contributed by atoms with Crippen LogP contribution in [0, 0.1) is 0 Å². The smallest absolute Gasteiger partial charge is 0.240 e. The molecule has 0 spiro atoms. The number of furan rings is 1. The summed E-state index contributed by atoms with van der Waals surface area (Å²) in [5.41, 5.74) is 3.67. The Morgan fingerprint density at radius 1 is 1.04 bits per heavy atom. The predicted octanol–water partition coefficient (Wildman–Crippen LogP) is 3.38. The predicted molar refractivity (Wildman–Crippen MR) is 91.8 cm³/mol. The lowest BCUT2D eigenvalue weighted by Gasteiger charge is -2.08. The van der Waals surface area contributed by atoms with Gasteiger partial charge in [-0.3, -0.25) is 4.98 Å². The minimum absolute atomic E-state index is 0.177. The van der Waals surface area contributed by atoms with Crippen molar-refractivity contribution in [2.75, 3.05) is 0 Å². The molecule has 2 aromatic heterocycles. The Labute approximate surface area is 141 Å². The fourth-order valence-electron chi connectivity index (χ4n) is 2.34. The lowest BCUT2D eigenvalue weighted by Crippen LogP contribution is -2.23. The van der Waals surface area contributed by atoms with Crippen LogP contribution in [-0.4, -0.2) is 13.4 Å². The van der Waals surface area contributed by atoms with Gasteiger partial charge in [0.2, 0.25) is 10.0 Å². The Kier molecular flexibility index (Phi) is 4.78. The normalized spacial score (nSPS) is 11.5. The number of nitrogens with one attached hydrogen (secondary N) is 1. The topological polar surface area (TPSA) is 72.2 Å². The molecule has 0 bridgehead atoms. The van der Waals surface area contributed by atoms with Crippen molar-refractivity contribution in [3.05, 3.63) is 72.4 Å². The molecule has 0 aliphatic rings. The summed E-state index contributed by atoms with van der Waals surface area (Å²) in [6.45, 7) is 2.21. The Morgan fingerprint density at radius 3 is 2.50 bits per heavy atom. The van der Waals surface area contributed by atoms with Gasteiger partial charge >= 0.3 is 0 Å². The van der Waals surface area contributed by atoms with Crippen LogP contribution in [0.15, 0.2) is 70.6 Å². The van der Waals surface area contributed by atoms with Crippen molar-refractivity contribution < 1.29 is 12.8 Å². The van der Waals surface area contributed by atoms with Crippen LogP contribution in [0.2, 0.25) is 0 Å². The van der Waals surface area contributed by atoms with Gasteiger partial charge in [-0.1, -0.05) is 19.1 Å². The van der Waals surface area contributed by atoms with Crippen molar-refractivity contribution in [2.45, 2.75) is 24.8 Å². The number of sulfonamides is 1. The molecule has 0 aliphatic carbocycles. The Balaban J connectivity index is 1.73. The number of pyridine rings is 1. The maximum Gasteiger partial charge on any atom is 0.240 e. The van der Waals surface area contributed by atoms with E-state index in [9.17, 15) is 8.42 Å². The van der Waals surface area contributed by atoms with Crippen molar-refractivity contribution >= 4 is 10.0 Å². The standard InChI is InChI=1S/C18H18N2O3S/c1-2-14-3-5-18(6-4-14)24(21,22)20-11-15-9-17(12-19-10-15)16-7-8-23-13-16/h3-10,12-13,20H,2,11H2,1H3. The molecular formula is C18H18N2O3S. The summed E-state index contributed by atoms with van der Waals surface area (Å²) in [6.07, 6.45) is 7.45. The molecule has 0 radical (unpaired) electrons. The quantitative estimate of drug-likeness (QED) is 0.745. The summed E-state index contributed by atoms with van der Waals surface area (Å²) in [5.74, 6) is 0. The average molecular weight is 342 g/mol. The number of rotatable bonds is 6. The molecule has 0 saturated heterocycles. The van der Waals surface area contributed by atoms with Crippen LogP contribution < -0.4 is 4.72 Å². The molecule has 124 valence electrons. The number of hydrogen-bond acceptors (Lipinski definition) is 4. The number of aryl methyl sites for hydroxylation is 1. The van der Waals surface area contributed by atoms with Crippen LogP contribution in [0.4, 0.5) is 0 Å². The molecule has 3 aromatic rings. The summed E-state index contributed by atoms with van der Waals surface area (Å²) in [7, 11) is -3.55. The lowest BCUT2D eigenvalue weighted by molar-refractivity contribution is 0.568. The molecule has 0 amide bonds. The number of aromatic nitrogens is 1. The van der Waals surface area contributed by atoms with E-state index in [0.29, 0.717) is 0 Å². The maximum atomic E-state index is 12.4. The van der Waals surface area contributed by atoms with Crippen LogP contribution in [0.5, 0.6) is 0 Å². The molecular weight excluding hydrogens is 324 g/mol. The zero-order valence-corrected chi connectivity index (χ0v) is 14.1. The largest absolute Gasteiger partial charge is 0.472 e. The molecule has 24 heavy (non-hydrogen) atoms. The van der Waals surface area contributed by atoms with Gasteiger partial charge in [0.25, 0.3) is 0 Å². The third-order valence-corrected chi connectivity index (χ3v) is 5.17. The first kappa shape index (κ1) is 16.4. The Bertz CT molecular complexity index is 902. The Morgan fingerprint density at radius 2 is 1.83 bits per heavy atom. The molecule has 1 aromatic carbocycles. The van der Waals surface area contributed by atoms with E-state index in [-0.39, 0.29) is 11.4 Å². The highest BCUT2D eigenvalue weighted by atomic mass is 32.2. The van der Waals surface area contributed by atoms with Crippen molar-refractivity contribution in [3.8, 4) is 11.1 Å². The van der Waals surface area contributed by atoms with Crippen molar-refractivity contribution in [3.63, 3.8) is 0 Å². The molecule has 2 heterocycles. The van der Waals surface area contributed by atoms with E-state index in [4.69, 9.17) is 4.42 Å². The maximum absolute atomic E-state index is 12.4. The van der Waals surface area contributed by atoms with Gasteiger partial charge in [0.15, 0.2) is 0 Å². The summed E-state index contributed by atoms with van der Waals surface area (Å²) < 4.78 is 32.4. The Hall–Kier alpha value is -2.44. The van der Waals surface area contributed by atoms with Gasteiger partial charge in [0, 0.05) is 30.1 Å². The lowest BCUT2D eigenvalue weighted by atomic mass is 10.1. The number of hydrogen-bond donors (Lipinski definition) is 1. The molecule has 0 saturated carbocycles. The summed E-state index contributed by atoms with van der Waals surface area (Å²) >= 11 is 0. The van der Waals surface area contributed by atoms with Crippen molar-refractivity contribution in [2.24, 2.45) is 0 Å². The molecule has 0 aliphatic heterocycles. The van der Waals surface area contributed by atoms with Gasteiger partial charge in [-0.2, -0.15) is 0 Å². The highest BCUT2D eigenvalue weighted by Crippen LogP contribution is 2.20. The zero-order chi connectivity index (χ0) is 17.0. The van der Waals surface area contributed by atoms with E-state index < -0.39 is 10.0 Å². The first-order valence-electron chi connectivity index (χ1n) is 7.63. The summed E-state index contributed by atoms with van der Waals surface area (Å²) in [6, 6.07) is 10.6. The molecule has 0 fully saturated rings. The first-order chi connectivity index (χ1) is 11.6. The molecule has 3 rings (SSSR count). The van der Waals surface area contributed by atoms with Crippen molar-refractivity contribution in [1.29, 1.82) is 0 Å². The minimum Gasteiger partial charge on any atom is -0.472 e. The van der Waals surface area contributed by atoms with E-state index in [1.54, 1.807) is 37.1 Å². The van der Waals surface area contributed by atoms with Crippen LogP contribution in [0.1, 0.15) is 18.1 Å². The third kappa shape index (κ3) is 3.72. The summed E-state index contributed by atoms with van der Waals surface area (Å²) in [4.78, 5) is 4.42. The van der Waals surface area contributed by atoms with Gasteiger partial charge in [-0.15, -0.1) is 0 Å². The van der Waals surface area contributed by atoms with E-state index >= 15 is 0 Å². The number of benzene rings is 1. The van der Waals surface area contributed by atoms with Crippen LogP contribution in [0.3, 0.4) is 0 Å².